The largest absolute Gasteiger partial charge is 0.487 e. The molecule has 0 aromatic heterocycles. The minimum atomic E-state index is -0.104. The molecule has 1 saturated heterocycles. The van der Waals surface area contributed by atoms with E-state index in [1.807, 2.05) is 0 Å². The maximum Gasteiger partial charge on any atom is 0.315 e. The van der Waals surface area contributed by atoms with Gasteiger partial charge in [-0.25, -0.2) is 4.79 Å². The summed E-state index contributed by atoms with van der Waals surface area (Å²) in [6.07, 6.45) is 9.95. The van der Waals surface area contributed by atoms with Crippen LogP contribution in [0.2, 0.25) is 0 Å². The molecule has 146 valence electrons. The summed E-state index contributed by atoms with van der Waals surface area (Å²) in [5, 5.41) is 5.81. The van der Waals surface area contributed by atoms with Crippen LogP contribution in [-0.4, -0.2) is 42.2 Å². The van der Waals surface area contributed by atoms with E-state index in [1.54, 1.807) is 0 Å². The number of benzene rings is 1. The van der Waals surface area contributed by atoms with E-state index < -0.39 is 0 Å². The standard InChI is InChI=1S/C22H31N3O2/c1-22(2)14-16-8-7-10-18(20(16)27-22)19-11-4-6-13-25(19)12-5-3-9-17-15-23-21(26)24-17/h4,6-8,10,17,19H,3,5,9,11-15H2,1-2H3,(H2,23,24,26). The van der Waals surface area contributed by atoms with Crippen molar-refractivity contribution < 1.29 is 9.53 Å². The second kappa shape index (κ2) is 7.55. The Morgan fingerprint density at radius 3 is 2.96 bits per heavy atom. The Bertz CT molecular complexity index is 728. The maximum atomic E-state index is 11.2. The van der Waals surface area contributed by atoms with Gasteiger partial charge in [0, 0.05) is 37.2 Å². The number of hydrogen-bond acceptors (Lipinski definition) is 3. The third-order valence-electron chi connectivity index (χ3n) is 5.88. The Labute approximate surface area is 162 Å². The van der Waals surface area contributed by atoms with Gasteiger partial charge >= 0.3 is 6.03 Å². The number of carbonyl (C=O) groups excluding carboxylic acids is 1. The normalized spacial score (nSPS) is 26.4. The van der Waals surface area contributed by atoms with Gasteiger partial charge in [-0.1, -0.05) is 36.8 Å². The predicted molar refractivity (Wildman–Crippen MR) is 107 cm³/mol. The van der Waals surface area contributed by atoms with Crippen molar-refractivity contribution in [3.8, 4) is 5.75 Å². The first-order valence-corrected chi connectivity index (χ1v) is 10.3. The minimum absolute atomic E-state index is 0.0258. The molecular weight excluding hydrogens is 338 g/mol. The number of urea groups is 1. The summed E-state index contributed by atoms with van der Waals surface area (Å²) in [5.41, 5.74) is 2.58. The lowest BCUT2D eigenvalue weighted by Gasteiger charge is -2.34. The number of ether oxygens (including phenoxy) is 1. The third-order valence-corrected chi connectivity index (χ3v) is 5.88. The zero-order valence-electron chi connectivity index (χ0n) is 16.5. The summed E-state index contributed by atoms with van der Waals surface area (Å²) < 4.78 is 6.33. The van der Waals surface area contributed by atoms with Crippen molar-refractivity contribution in [1.82, 2.24) is 15.5 Å². The number of hydrogen-bond donors (Lipinski definition) is 2. The van der Waals surface area contributed by atoms with E-state index in [1.165, 1.54) is 11.1 Å². The molecule has 4 rings (SSSR count). The molecule has 0 saturated carbocycles. The average Bonchev–Trinajstić information content (AvgIpc) is 3.19. The van der Waals surface area contributed by atoms with Crippen LogP contribution in [0.4, 0.5) is 4.79 Å². The van der Waals surface area contributed by atoms with Crippen LogP contribution in [0.1, 0.15) is 56.7 Å². The molecule has 2 unspecified atom stereocenters. The third kappa shape index (κ3) is 4.13. The Balaban J connectivity index is 1.38. The van der Waals surface area contributed by atoms with Crippen LogP contribution in [-0.2, 0) is 6.42 Å². The van der Waals surface area contributed by atoms with E-state index in [2.05, 4.69) is 59.7 Å². The highest BCUT2D eigenvalue weighted by atomic mass is 16.5. The fourth-order valence-electron chi connectivity index (χ4n) is 4.57. The predicted octanol–water partition coefficient (Wildman–Crippen LogP) is 3.55. The molecular formula is C22H31N3O2. The Hall–Kier alpha value is -2.01. The Kier molecular flexibility index (Phi) is 5.13. The lowest BCUT2D eigenvalue weighted by atomic mass is 9.94. The van der Waals surface area contributed by atoms with Crippen LogP contribution in [0.3, 0.4) is 0 Å². The molecule has 1 aromatic carbocycles. The van der Waals surface area contributed by atoms with Crippen LogP contribution >= 0.6 is 0 Å². The van der Waals surface area contributed by atoms with Crippen LogP contribution in [0.25, 0.3) is 0 Å². The molecule has 3 heterocycles. The van der Waals surface area contributed by atoms with Gasteiger partial charge in [-0.3, -0.25) is 4.90 Å². The van der Waals surface area contributed by atoms with Crippen LogP contribution in [0.15, 0.2) is 30.4 Å². The maximum absolute atomic E-state index is 11.2. The molecule has 3 aliphatic heterocycles. The molecule has 0 spiro atoms. The quantitative estimate of drug-likeness (QED) is 0.595. The topological polar surface area (TPSA) is 53.6 Å². The molecule has 0 radical (unpaired) electrons. The summed E-state index contributed by atoms with van der Waals surface area (Å²) in [6.45, 7) is 7.19. The summed E-state index contributed by atoms with van der Waals surface area (Å²) in [6, 6.07) is 7.30. The Morgan fingerprint density at radius 2 is 2.15 bits per heavy atom. The van der Waals surface area contributed by atoms with E-state index in [9.17, 15) is 4.79 Å². The smallest absolute Gasteiger partial charge is 0.315 e. The van der Waals surface area contributed by atoms with Crippen molar-refractivity contribution in [1.29, 1.82) is 0 Å². The number of unbranched alkanes of at least 4 members (excludes halogenated alkanes) is 1. The number of nitrogens with zero attached hydrogens (tertiary/aromatic N) is 1. The first-order valence-electron chi connectivity index (χ1n) is 10.3. The number of rotatable bonds is 6. The number of fused-ring (bicyclic) bond motifs is 1. The van der Waals surface area contributed by atoms with Gasteiger partial charge in [-0.15, -0.1) is 0 Å². The lowest BCUT2D eigenvalue weighted by Crippen LogP contribution is -2.33. The van der Waals surface area contributed by atoms with Gasteiger partial charge in [0.2, 0.25) is 0 Å². The summed E-state index contributed by atoms with van der Waals surface area (Å²) >= 11 is 0. The van der Waals surface area contributed by atoms with Crippen LogP contribution in [0.5, 0.6) is 5.75 Å². The van der Waals surface area contributed by atoms with Gasteiger partial charge in [0.05, 0.1) is 0 Å². The number of para-hydroxylation sites is 1. The minimum Gasteiger partial charge on any atom is -0.487 e. The van der Waals surface area contributed by atoms with Crippen molar-refractivity contribution in [2.45, 2.75) is 63.6 Å². The molecule has 2 atom stereocenters. The summed E-state index contributed by atoms with van der Waals surface area (Å²) in [4.78, 5) is 13.8. The molecule has 3 aliphatic rings. The Morgan fingerprint density at radius 1 is 1.26 bits per heavy atom. The van der Waals surface area contributed by atoms with Crippen molar-refractivity contribution in [2.75, 3.05) is 19.6 Å². The average molecular weight is 370 g/mol. The molecule has 0 bridgehead atoms. The molecule has 5 heteroatoms. The van der Waals surface area contributed by atoms with Gasteiger partial charge in [0.1, 0.15) is 11.4 Å². The van der Waals surface area contributed by atoms with Crippen molar-refractivity contribution in [3.05, 3.63) is 41.5 Å². The SMILES string of the molecule is CC1(C)Cc2cccc(C3CC=CCN3CCCCC3CNC(=O)N3)c2O1. The van der Waals surface area contributed by atoms with Gasteiger partial charge < -0.3 is 15.4 Å². The van der Waals surface area contributed by atoms with Gasteiger partial charge in [0.25, 0.3) is 0 Å². The van der Waals surface area contributed by atoms with E-state index in [0.29, 0.717) is 12.1 Å². The molecule has 27 heavy (non-hydrogen) atoms. The molecule has 1 aromatic rings. The van der Waals surface area contributed by atoms with E-state index in [0.717, 1.165) is 57.5 Å². The van der Waals surface area contributed by atoms with Gasteiger partial charge in [-0.05, 0) is 45.2 Å². The second-order valence-corrected chi connectivity index (χ2v) is 8.64. The lowest BCUT2D eigenvalue weighted by molar-refractivity contribution is 0.131. The second-order valence-electron chi connectivity index (χ2n) is 8.64. The number of amides is 2. The highest BCUT2D eigenvalue weighted by Gasteiger charge is 2.34. The fourth-order valence-corrected chi connectivity index (χ4v) is 4.57. The van der Waals surface area contributed by atoms with E-state index >= 15 is 0 Å². The van der Waals surface area contributed by atoms with E-state index in [-0.39, 0.29) is 11.6 Å². The summed E-state index contributed by atoms with van der Waals surface area (Å²) in [7, 11) is 0. The van der Waals surface area contributed by atoms with E-state index in [4.69, 9.17) is 4.74 Å². The molecule has 2 amide bonds. The summed E-state index contributed by atoms with van der Waals surface area (Å²) in [5.74, 6) is 1.12. The van der Waals surface area contributed by atoms with Gasteiger partial charge in [-0.2, -0.15) is 0 Å². The van der Waals surface area contributed by atoms with Crippen LogP contribution < -0.4 is 15.4 Å². The number of carbonyl (C=O) groups is 1. The van der Waals surface area contributed by atoms with Crippen molar-refractivity contribution in [2.24, 2.45) is 0 Å². The zero-order valence-corrected chi connectivity index (χ0v) is 16.5. The molecule has 2 N–H and O–H groups in total. The first kappa shape index (κ1) is 18.4. The van der Waals surface area contributed by atoms with Crippen LogP contribution in [0, 0.1) is 0 Å². The fraction of sp³-hybridized carbons (Fsp3) is 0.591. The first-order chi connectivity index (χ1) is 13.0. The number of nitrogens with one attached hydrogen (secondary N) is 2. The van der Waals surface area contributed by atoms with Crippen molar-refractivity contribution in [3.63, 3.8) is 0 Å². The highest BCUT2D eigenvalue weighted by molar-refractivity contribution is 5.76. The van der Waals surface area contributed by atoms with Crippen molar-refractivity contribution >= 4 is 6.03 Å². The molecule has 0 aliphatic carbocycles. The monoisotopic (exact) mass is 369 g/mol. The molecule has 5 nitrogen and oxygen atoms in total. The van der Waals surface area contributed by atoms with Gasteiger partial charge in [0.15, 0.2) is 0 Å². The molecule has 1 fully saturated rings. The highest BCUT2D eigenvalue weighted by Crippen LogP contribution is 2.43. The zero-order chi connectivity index (χ0) is 18.9.